The fourth-order valence-corrected chi connectivity index (χ4v) is 1.25. The summed E-state index contributed by atoms with van der Waals surface area (Å²) >= 11 is 11.3. The van der Waals surface area contributed by atoms with Gasteiger partial charge in [0.05, 0.1) is 5.56 Å². The van der Waals surface area contributed by atoms with Crippen LogP contribution in [0.5, 0.6) is 0 Å². The van der Waals surface area contributed by atoms with E-state index in [1.54, 1.807) is 0 Å². The van der Waals surface area contributed by atoms with Crippen molar-refractivity contribution in [3.63, 3.8) is 0 Å². The van der Waals surface area contributed by atoms with Crippen molar-refractivity contribution in [3.8, 4) is 0 Å². The Labute approximate surface area is 85.8 Å². The zero-order chi connectivity index (χ0) is 9.84. The van der Waals surface area contributed by atoms with E-state index in [2.05, 4.69) is 9.97 Å². The Morgan fingerprint density at radius 3 is 2.38 bits per heavy atom. The Morgan fingerprint density at radius 1 is 1.31 bits per heavy atom. The minimum atomic E-state index is -0.565. The van der Waals surface area contributed by atoms with Gasteiger partial charge in [-0.2, -0.15) is 0 Å². The van der Waals surface area contributed by atoms with Gasteiger partial charge in [-0.15, -0.1) is 0 Å². The van der Waals surface area contributed by atoms with Crippen LogP contribution in [-0.4, -0.2) is 24.2 Å². The summed E-state index contributed by atoms with van der Waals surface area (Å²) in [6.45, 7) is 0. The zero-order valence-electron chi connectivity index (χ0n) is 7.12. The molecule has 0 radical (unpaired) electrons. The van der Waals surface area contributed by atoms with E-state index in [9.17, 15) is 0 Å². The lowest BCUT2D eigenvalue weighted by Crippen LogP contribution is -2.06. The summed E-state index contributed by atoms with van der Waals surface area (Å²) in [5, 5.41) is 0.327. The molecule has 1 aromatic rings. The summed E-state index contributed by atoms with van der Waals surface area (Å²) < 4.78 is 9.95. The second kappa shape index (κ2) is 4.72. The Morgan fingerprint density at radius 2 is 1.92 bits per heavy atom. The third-order valence-corrected chi connectivity index (χ3v) is 1.91. The molecule has 0 amide bonds. The Kier molecular flexibility index (Phi) is 3.87. The second-order valence-electron chi connectivity index (χ2n) is 2.19. The van der Waals surface area contributed by atoms with Gasteiger partial charge in [0.2, 0.25) is 5.28 Å². The highest BCUT2D eigenvalue weighted by Gasteiger charge is 2.14. The largest absolute Gasteiger partial charge is 0.352 e. The van der Waals surface area contributed by atoms with Crippen LogP contribution in [0.4, 0.5) is 0 Å². The minimum absolute atomic E-state index is 0.0970. The first kappa shape index (κ1) is 10.7. The number of hydrogen-bond acceptors (Lipinski definition) is 4. The monoisotopic (exact) mass is 222 g/mol. The van der Waals surface area contributed by atoms with Gasteiger partial charge >= 0.3 is 0 Å². The summed E-state index contributed by atoms with van der Waals surface area (Å²) in [5.41, 5.74) is 0.552. The molecule has 1 aromatic heterocycles. The van der Waals surface area contributed by atoms with Gasteiger partial charge < -0.3 is 9.47 Å². The molecule has 6 heteroatoms. The Hall–Kier alpha value is -0.420. The van der Waals surface area contributed by atoms with E-state index in [1.165, 1.54) is 20.4 Å². The average molecular weight is 223 g/mol. The topological polar surface area (TPSA) is 44.2 Å². The maximum absolute atomic E-state index is 5.79. The molecule has 0 saturated heterocycles. The van der Waals surface area contributed by atoms with Crippen molar-refractivity contribution in [3.05, 3.63) is 22.2 Å². The molecular formula is C7H8Cl2N2O2. The van der Waals surface area contributed by atoms with Crippen molar-refractivity contribution in [1.82, 2.24) is 9.97 Å². The lowest BCUT2D eigenvalue weighted by atomic mass is 10.3. The fourth-order valence-electron chi connectivity index (χ4n) is 0.859. The van der Waals surface area contributed by atoms with E-state index in [0.717, 1.165) is 0 Å². The highest BCUT2D eigenvalue weighted by Crippen LogP contribution is 2.23. The highest BCUT2D eigenvalue weighted by atomic mass is 35.5. The van der Waals surface area contributed by atoms with Gasteiger partial charge in [-0.05, 0) is 11.6 Å². The molecule has 72 valence electrons. The van der Waals surface area contributed by atoms with Crippen LogP contribution in [0.25, 0.3) is 0 Å². The quantitative estimate of drug-likeness (QED) is 0.447. The van der Waals surface area contributed by atoms with Crippen molar-refractivity contribution in [2.75, 3.05) is 14.2 Å². The van der Waals surface area contributed by atoms with Crippen molar-refractivity contribution >= 4 is 23.2 Å². The Bertz CT molecular complexity index is 292. The van der Waals surface area contributed by atoms with Crippen LogP contribution in [-0.2, 0) is 9.47 Å². The van der Waals surface area contributed by atoms with Crippen LogP contribution >= 0.6 is 23.2 Å². The molecule has 0 aromatic carbocycles. The third-order valence-electron chi connectivity index (χ3n) is 1.42. The molecule has 0 aliphatic rings. The van der Waals surface area contributed by atoms with Crippen molar-refractivity contribution in [2.24, 2.45) is 0 Å². The molecule has 1 rings (SSSR count). The molecule has 0 aliphatic heterocycles. The molecule has 0 fully saturated rings. The predicted octanol–water partition coefficient (Wildman–Crippen LogP) is 2.07. The molecule has 1 heterocycles. The summed E-state index contributed by atoms with van der Waals surface area (Å²) in [6, 6.07) is 0. The van der Waals surface area contributed by atoms with Gasteiger partial charge in [-0.3, -0.25) is 0 Å². The lowest BCUT2D eigenvalue weighted by Gasteiger charge is -2.13. The first-order valence-corrected chi connectivity index (χ1v) is 4.18. The second-order valence-corrected chi connectivity index (χ2v) is 2.88. The van der Waals surface area contributed by atoms with Crippen LogP contribution in [0.2, 0.25) is 10.4 Å². The maximum atomic E-state index is 5.79. The molecule has 13 heavy (non-hydrogen) atoms. The molecule has 0 N–H and O–H groups in total. The van der Waals surface area contributed by atoms with Gasteiger partial charge in [0.25, 0.3) is 0 Å². The summed E-state index contributed by atoms with van der Waals surface area (Å²) in [4.78, 5) is 7.52. The SMILES string of the molecule is COC(OC)c1cnc(Cl)nc1Cl. The number of nitrogens with zero attached hydrogens (tertiary/aromatic N) is 2. The average Bonchev–Trinajstić information content (AvgIpc) is 2.10. The minimum Gasteiger partial charge on any atom is -0.352 e. The van der Waals surface area contributed by atoms with E-state index in [1.807, 2.05) is 0 Å². The molecular weight excluding hydrogens is 215 g/mol. The van der Waals surface area contributed by atoms with Gasteiger partial charge in [-0.25, -0.2) is 9.97 Å². The van der Waals surface area contributed by atoms with Gasteiger partial charge in [0.15, 0.2) is 6.29 Å². The number of rotatable bonds is 3. The van der Waals surface area contributed by atoms with Crippen molar-refractivity contribution in [2.45, 2.75) is 6.29 Å². The van der Waals surface area contributed by atoms with Crippen molar-refractivity contribution < 1.29 is 9.47 Å². The van der Waals surface area contributed by atoms with Crippen LogP contribution < -0.4 is 0 Å². The molecule has 0 unspecified atom stereocenters. The van der Waals surface area contributed by atoms with Crippen LogP contribution in [0.1, 0.15) is 11.9 Å². The van der Waals surface area contributed by atoms with E-state index in [4.69, 9.17) is 32.7 Å². The molecule has 0 aliphatic carbocycles. The van der Waals surface area contributed by atoms with Gasteiger partial charge in [0, 0.05) is 20.4 Å². The first-order valence-electron chi connectivity index (χ1n) is 3.42. The van der Waals surface area contributed by atoms with E-state index in [0.29, 0.717) is 5.56 Å². The maximum Gasteiger partial charge on any atom is 0.223 e. The van der Waals surface area contributed by atoms with Crippen LogP contribution in [0.15, 0.2) is 6.20 Å². The number of hydrogen-bond donors (Lipinski definition) is 0. The lowest BCUT2D eigenvalue weighted by molar-refractivity contribution is -0.106. The molecule has 0 bridgehead atoms. The number of methoxy groups -OCH3 is 2. The van der Waals surface area contributed by atoms with Crippen molar-refractivity contribution in [1.29, 1.82) is 0 Å². The normalized spacial score (nSPS) is 10.8. The number of ether oxygens (including phenoxy) is 2. The summed E-state index contributed by atoms with van der Waals surface area (Å²) in [5.74, 6) is 0. The zero-order valence-corrected chi connectivity index (χ0v) is 8.63. The molecule has 0 spiro atoms. The number of halogens is 2. The fraction of sp³-hybridized carbons (Fsp3) is 0.429. The van der Waals surface area contributed by atoms with Crippen LogP contribution in [0.3, 0.4) is 0 Å². The van der Waals surface area contributed by atoms with E-state index in [-0.39, 0.29) is 10.4 Å². The molecule has 0 saturated carbocycles. The summed E-state index contributed by atoms with van der Waals surface area (Å²) in [7, 11) is 3.00. The molecule has 0 atom stereocenters. The third kappa shape index (κ3) is 2.51. The highest BCUT2D eigenvalue weighted by molar-refractivity contribution is 6.32. The van der Waals surface area contributed by atoms with E-state index < -0.39 is 6.29 Å². The van der Waals surface area contributed by atoms with Gasteiger partial charge in [-0.1, -0.05) is 11.6 Å². The summed E-state index contributed by atoms with van der Waals surface area (Å²) in [6.07, 6.45) is 0.903. The van der Waals surface area contributed by atoms with E-state index >= 15 is 0 Å². The Balaban J connectivity index is 2.99. The first-order chi connectivity index (χ1) is 6.19. The smallest absolute Gasteiger partial charge is 0.223 e. The standard InChI is InChI=1S/C7H8Cl2N2O2/c1-12-6(13-2)4-3-10-7(9)11-5(4)8/h3,6H,1-2H3. The molecule has 4 nitrogen and oxygen atoms in total. The number of aromatic nitrogens is 2. The van der Waals surface area contributed by atoms with Crippen LogP contribution in [0, 0.1) is 0 Å². The van der Waals surface area contributed by atoms with Gasteiger partial charge in [0.1, 0.15) is 5.15 Å². The predicted molar refractivity (Wildman–Crippen MR) is 48.8 cm³/mol.